The fourth-order valence-electron chi connectivity index (χ4n) is 2.75. The molecule has 0 saturated carbocycles. The van der Waals surface area contributed by atoms with Gasteiger partial charge in [0.25, 0.3) is 0 Å². The highest BCUT2D eigenvalue weighted by atomic mass is 16.5. The van der Waals surface area contributed by atoms with Gasteiger partial charge in [-0.1, -0.05) is 13.8 Å². The van der Waals surface area contributed by atoms with Crippen LogP contribution in [0, 0.1) is 5.92 Å². The predicted molar refractivity (Wildman–Crippen MR) is 78.9 cm³/mol. The van der Waals surface area contributed by atoms with Crippen molar-refractivity contribution in [2.75, 3.05) is 27.4 Å². The summed E-state index contributed by atoms with van der Waals surface area (Å²) < 4.78 is 13.1. The Hall–Kier alpha value is -0.910. The van der Waals surface area contributed by atoms with E-state index in [0.717, 1.165) is 32.5 Å². The van der Waals surface area contributed by atoms with Crippen LogP contribution in [0.5, 0.6) is 0 Å². The van der Waals surface area contributed by atoms with Crippen LogP contribution in [-0.2, 0) is 35.4 Å². The van der Waals surface area contributed by atoms with E-state index in [2.05, 4.69) is 23.7 Å². The van der Waals surface area contributed by atoms with E-state index < -0.39 is 0 Å². The van der Waals surface area contributed by atoms with E-state index in [1.54, 1.807) is 14.2 Å². The standard InChI is InChI=1S/C15H27N3O2/c1-11(2)7-15-17-13-8-16-6-5-14(13)18(15)9-12(20-4)10-19-3/h11-12,16H,5-10H2,1-4H3. The molecule has 1 aromatic rings. The van der Waals surface area contributed by atoms with Crippen LogP contribution in [0.25, 0.3) is 0 Å². The molecule has 0 aliphatic carbocycles. The maximum Gasteiger partial charge on any atom is 0.109 e. The van der Waals surface area contributed by atoms with Gasteiger partial charge < -0.3 is 19.4 Å². The van der Waals surface area contributed by atoms with Gasteiger partial charge in [0.05, 0.1) is 24.9 Å². The lowest BCUT2D eigenvalue weighted by atomic mass is 10.1. The molecule has 1 aromatic heterocycles. The van der Waals surface area contributed by atoms with E-state index in [1.165, 1.54) is 17.2 Å². The van der Waals surface area contributed by atoms with E-state index in [0.29, 0.717) is 12.5 Å². The summed E-state index contributed by atoms with van der Waals surface area (Å²) in [5.74, 6) is 1.79. The molecular weight excluding hydrogens is 254 g/mol. The molecule has 0 aromatic carbocycles. The van der Waals surface area contributed by atoms with Gasteiger partial charge in [0.15, 0.2) is 0 Å². The topological polar surface area (TPSA) is 48.3 Å². The number of nitrogens with one attached hydrogen (secondary N) is 1. The minimum atomic E-state index is 0.0825. The number of ether oxygens (including phenoxy) is 2. The summed E-state index contributed by atoms with van der Waals surface area (Å²) in [6.45, 7) is 7.83. The third-order valence-electron chi connectivity index (χ3n) is 3.73. The molecule has 0 saturated heterocycles. The van der Waals surface area contributed by atoms with Crippen molar-refractivity contribution in [1.29, 1.82) is 0 Å². The van der Waals surface area contributed by atoms with Crippen LogP contribution >= 0.6 is 0 Å². The molecule has 0 bridgehead atoms. The van der Waals surface area contributed by atoms with E-state index >= 15 is 0 Å². The first-order valence-electron chi connectivity index (χ1n) is 7.45. The minimum Gasteiger partial charge on any atom is -0.382 e. The summed E-state index contributed by atoms with van der Waals surface area (Å²) in [5.41, 5.74) is 2.58. The summed E-state index contributed by atoms with van der Waals surface area (Å²) >= 11 is 0. The Morgan fingerprint density at radius 2 is 2.15 bits per heavy atom. The second kappa shape index (κ2) is 7.20. The molecule has 20 heavy (non-hydrogen) atoms. The Morgan fingerprint density at radius 1 is 1.35 bits per heavy atom. The van der Waals surface area contributed by atoms with Crippen LogP contribution in [0.15, 0.2) is 0 Å². The third kappa shape index (κ3) is 3.59. The Kier molecular flexibility index (Phi) is 5.57. The maximum absolute atomic E-state index is 5.53. The van der Waals surface area contributed by atoms with Crippen molar-refractivity contribution >= 4 is 0 Å². The average Bonchev–Trinajstić information content (AvgIpc) is 2.75. The summed E-state index contributed by atoms with van der Waals surface area (Å²) in [6, 6.07) is 0. The molecule has 1 N–H and O–H groups in total. The zero-order valence-corrected chi connectivity index (χ0v) is 13.1. The van der Waals surface area contributed by atoms with E-state index in [4.69, 9.17) is 14.5 Å². The first kappa shape index (κ1) is 15.5. The highest BCUT2D eigenvalue weighted by Crippen LogP contribution is 2.19. The van der Waals surface area contributed by atoms with Crippen LogP contribution in [-0.4, -0.2) is 43.0 Å². The molecule has 5 heteroatoms. The first-order valence-corrected chi connectivity index (χ1v) is 7.45. The van der Waals surface area contributed by atoms with Gasteiger partial charge in [-0.3, -0.25) is 0 Å². The highest BCUT2D eigenvalue weighted by molar-refractivity contribution is 5.20. The minimum absolute atomic E-state index is 0.0825. The lowest BCUT2D eigenvalue weighted by Gasteiger charge is -2.21. The molecular formula is C15H27N3O2. The van der Waals surface area contributed by atoms with Gasteiger partial charge in [-0.05, 0) is 5.92 Å². The van der Waals surface area contributed by atoms with Gasteiger partial charge in [0, 0.05) is 45.8 Å². The number of hydrogen-bond donors (Lipinski definition) is 1. The molecule has 0 fully saturated rings. The Morgan fingerprint density at radius 3 is 2.80 bits per heavy atom. The SMILES string of the molecule is COCC(Cn1c(CC(C)C)nc2c1CCNC2)OC. The average molecular weight is 281 g/mol. The number of rotatable bonds is 7. The van der Waals surface area contributed by atoms with Gasteiger partial charge in [-0.2, -0.15) is 0 Å². The van der Waals surface area contributed by atoms with Crippen molar-refractivity contribution in [1.82, 2.24) is 14.9 Å². The summed E-state index contributed by atoms with van der Waals surface area (Å²) in [6.07, 6.45) is 2.14. The lowest BCUT2D eigenvalue weighted by molar-refractivity contribution is 0.0174. The lowest BCUT2D eigenvalue weighted by Crippen LogP contribution is -2.29. The van der Waals surface area contributed by atoms with Crippen LogP contribution in [0.1, 0.15) is 31.1 Å². The van der Waals surface area contributed by atoms with Crippen molar-refractivity contribution < 1.29 is 9.47 Å². The van der Waals surface area contributed by atoms with Gasteiger partial charge >= 0.3 is 0 Å². The van der Waals surface area contributed by atoms with Crippen molar-refractivity contribution in [2.24, 2.45) is 5.92 Å². The Labute approximate surface area is 121 Å². The number of nitrogens with zero attached hydrogens (tertiary/aromatic N) is 2. The van der Waals surface area contributed by atoms with E-state index in [1.807, 2.05) is 0 Å². The zero-order valence-electron chi connectivity index (χ0n) is 13.1. The van der Waals surface area contributed by atoms with Crippen molar-refractivity contribution in [2.45, 2.75) is 45.9 Å². The van der Waals surface area contributed by atoms with Gasteiger partial charge in [0.2, 0.25) is 0 Å². The molecule has 1 aliphatic heterocycles. The molecule has 1 atom stereocenters. The smallest absolute Gasteiger partial charge is 0.109 e. The largest absolute Gasteiger partial charge is 0.382 e. The fourth-order valence-corrected chi connectivity index (χ4v) is 2.75. The van der Waals surface area contributed by atoms with E-state index in [-0.39, 0.29) is 6.10 Å². The number of hydrogen-bond acceptors (Lipinski definition) is 4. The molecule has 1 unspecified atom stereocenters. The van der Waals surface area contributed by atoms with Crippen LogP contribution in [0.3, 0.4) is 0 Å². The second-order valence-electron chi connectivity index (χ2n) is 5.87. The van der Waals surface area contributed by atoms with Gasteiger partial charge in [-0.25, -0.2) is 4.98 Å². The van der Waals surface area contributed by atoms with Gasteiger partial charge in [0.1, 0.15) is 5.82 Å². The first-order chi connectivity index (χ1) is 9.65. The number of methoxy groups -OCH3 is 2. The molecule has 0 spiro atoms. The number of imidazole rings is 1. The van der Waals surface area contributed by atoms with Crippen molar-refractivity contribution in [3.63, 3.8) is 0 Å². The summed E-state index contributed by atoms with van der Waals surface area (Å²) in [4.78, 5) is 4.84. The van der Waals surface area contributed by atoms with Crippen LogP contribution < -0.4 is 5.32 Å². The second-order valence-corrected chi connectivity index (χ2v) is 5.87. The molecule has 0 amide bonds. The predicted octanol–water partition coefficient (Wildman–Crippen LogP) is 1.39. The highest BCUT2D eigenvalue weighted by Gasteiger charge is 2.22. The Bertz CT molecular complexity index is 429. The molecule has 0 radical (unpaired) electrons. The number of aromatic nitrogens is 2. The van der Waals surface area contributed by atoms with Crippen molar-refractivity contribution in [3.05, 3.63) is 17.2 Å². The molecule has 2 rings (SSSR count). The van der Waals surface area contributed by atoms with E-state index in [9.17, 15) is 0 Å². The summed E-state index contributed by atoms with van der Waals surface area (Å²) in [5, 5.41) is 3.40. The van der Waals surface area contributed by atoms with Crippen molar-refractivity contribution in [3.8, 4) is 0 Å². The Balaban J connectivity index is 2.25. The number of fused-ring (bicyclic) bond motifs is 1. The van der Waals surface area contributed by atoms with Crippen LogP contribution in [0.4, 0.5) is 0 Å². The molecule has 2 heterocycles. The van der Waals surface area contributed by atoms with Crippen LogP contribution in [0.2, 0.25) is 0 Å². The molecule has 114 valence electrons. The fraction of sp³-hybridized carbons (Fsp3) is 0.800. The molecule has 1 aliphatic rings. The normalized spacial score (nSPS) is 16.4. The zero-order chi connectivity index (χ0) is 14.5. The van der Waals surface area contributed by atoms with Gasteiger partial charge in [-0.15, -0.1) is 0 Å². The monoisotopic (exact) mass is 281 g/mol. The quantitative estimate of drug-likeness (QED) is 0.820. The molecule has 5 nitrogen and oxygen atoms in total. The summed E-state index contributed by atoms with van der Waals surface area (Å²) in [7, 11) is 3.46. The maximum atomic E-state index is 5.53. The third-order valence-corrected chi connectivity index (χ3v) is 3.73.